The second-order valence-corrected chi connectivity index (χ2v) is 11.4. The van der Waals surface area contributed by atoms with Crippen LogP contribution in [0.4, 0.5) is 0 Å². The van der Waals surface area contributed by atoms with Crippen molar-refractivity contribution in [3.05, 3.63) is 0 Å². The molecule has 0 heterocycles. The Labute approximate surface area is 61.9 Å². The zero-order chi connectivity index (χ0) is 7.15. The van der Waals surface area contributed by atoms with Gasteiger partial charge < -0.3 is 0 Å². The Balaban J connectivity index is 0. The van der Waals surface area contributed by atoms with Gasteiger partial charge in [-0.05, 0) is 20.0 Å². The van der Waals surface area contributed by atoms with E-state index in [4.69, 9.17) is 0 Å². The van der Waals surface area contributed by atoms with Gasteiger partial charge in [-0.15, -0.1) is 7.92 Å². The second-order valence-electron chi connectivity index (χ2n) is 2.25. The van der Waals surface area contributed by atoms with Crippen LogP contribution in [-0.4, -0.2) is 20.0 Å². The summed E-state index contributed by atoms with van der Waals surface area (Å²) >= 11 is -0.204. The molecule has 0 aliphatic carbocycles. The Hall–Kier alpha value is 1.17. The van der Waals surface area contributed by atoms with E-state index >= 15 is 0 Å². The van der Waals surface area contributed by atoms with Crippen LogP contribution >= 0.6 is 7.92 Å². The third-order valence-electron chi connectivity index (χ3n) is 0. The van der Waals surface area contributed by atoms with Crippen molar-refractivity contribution in [2.45, 2.75) is 15.4 Å². The molecule has 0 radical (unpaired) electrons. The van der Waals surface area contributed by atoms with Crippen molar-refractivity contribution in [2.75, 3.05) is 20.0 Å². The molecule has 0 nitrogen and oxygen atoms in total. The van der Waals surface area contributed by atoms with E-state index in [1.54, 1.807) is 0 Å². The molecule has 2 heteroatoms. The van der Waals surface area contributed by atoms with Crippen LogP contribution in [-0.2, 0) is 18.4 Å². The Morgan fingerprint density at radius 1 is 0.875 bits per heavy atom. The molecule has 0 fully saturated rings. The maximum atomic E-state index is 2.31. The standard InChI is InChI=1S/C3H9P.3CH3.Au/c1-4(2)3;;;;/h1-3H3;3*1H3;. The van der Waals surface area contributed by atoms with Gasteiger partial charge in [0.1, 0.15) is 0 Å². The molecule has 8 heavy (non-hydrogen) atoms. The van der Waals surface area contributed by atoms with Crippen LogP contribution < -0.4 is 0 Å². The van der Waals surface area contributed by atoms with Crippen molar-refractivity contribution < 1.29 is 18.4 Å². The Kier molecular flexibility index (Phi) is 12.2. The summed E-state index contributed by atoms with van der Waals surface area (Å²) in [4.78, 5) is 0. The summed E-state index contributed by atoms with van der Waals surface area (Å²) in [6, 6.07) is 0. The summed E-state index contributed by atoms with van der Waals surface area (Å²) in [5.41, 5.74) is 0. The van der Waals surface area contributed by atoms with Gasteiger partial charge in [0.05, 0.1) is 0 Å². The van der Waals surface area contributed by atoms with E-state index in [9.17, 15) is 0 Å². The predicted molar refractivity (Wildman–Crippen MR) is 42.3 cm³/mol. The number of hydrogen-bond donors (Lipinski definition) is 0. The first-order valence-electron chi connectivity index (χ1n) is 2.25. The van der Waals surface area contributed by atoms with E-state index in [1.807, 2.05) is 0 Å². The summed E-state index contributed by atoms with van der Waals surface area (Å²) < 4.78 is 0. The van der Waals surface area contributed by atoms with Crippen LogP contribution in [0.2, 0.25) is 15.4 Å². The molecule has 0 aliphatic heterocycles. The minimum atomic E-state index is -0.204. The summed E-state index contributed by atoms with van der Waals surface area (Å²) in [6.45, 7) is 6.69. The van der Waals surface area contributed by atoms with Crippen molar-refractivity contribution in [3.8, 4) is 0 Å². The second kappa shape index (κ2) is 8.17. The first-order valence-corrected chi connectivity index (χ1v) is 11.4. The van der Waals surface area contributed by atoms with Crippen molar-refractivity contribution >= 4 is 7.92 Å². The molecule has 0 aromatic carbocycles. The van der Waals surface area contributed by atoms with Crippen LogP contribution in [0.3, 0.4) is 0 Å². The molecular weight excluding hydrogens is 300 g/mol. The van der Waals surface area contributed by atoms with E-state index in [2.05, 4.69) is 35.4 Å². The van der Waals surface area contributed by atoms with Gasteiger partial charge in [0, 0.05) is 0 Å². The first kappa shape index (κ1) is 11.9. The SMILES string of the molecule is CP(C)C.[CH3][Au]([CH3])[CH3]. The van der Waals surface area contributed by atoms with Crippen molar-refractivity contribution in [1.29, 1.82) is 0 Å². The summed E-state index contributed by atoms with van der Waals surface area (Å²) in [7, 11) is 0.380. The zero-order valence-electron chi connectivity index (χ0n) is 6.75. The monoisotopic (exact) mass is 318 g/mol. The van der Waals surface area contributed by atoms with Crippen LogP contribution in [0.15, 0.2) is 0 Å². The maximum absolute atomic E-state index is 2.31. The summed E-state index contributed by atoms with van der Waals surface area (Å²) in [5, 5.41) is 6.94. The molecule has 0 aliphatic rings. The molecule has 0 saturated heterocycles. The van der Waals surface area contributed by atoms with Crippen LogP contribution in [0.1, 0.15) is 0 Å². The topological polar surface area (TPSA) is 0 Å². The van der Waals surface area contributed by atoms with E-state index in [0.717, 1.165) is 0 Å². The van der Waals surface area contributed by atoms with Gasteiger partial charge in [-0.3, -0.25) is 0 Å². The van der Waals surface area contributed by atoms with E-state index in [0.29, 0.717) is 7.92 Å². The summed E-state index contributed by atoms with van der Waals surface area (Å²) in [6.07, 6.45) is 0. The zero-order valence-corrected chi connectivity index (χ0v) is 9.81. The average molecular weight is 318 g/mol. The third kappa shape index (κ3) is 199. The van der Waals surface area contributed by atoms with Crippen LogP contribution in [0.5, 0.6) is 0 Å². The fraction of sp³-hybridized carbons (Fsp3) is 1.00. The molecule has 0 rings (SSSR count). The first-order chi connectivity index (χ1) is 3.46. The van der Waals surface area contributed by atoms with Gasteiger partial charge in [0.15, 0.2) is 0 Å². The van der Waals surface area contributed by atoms with Gasteiger partial charge in [-0.1, -0.05) is 0 Å². The molecule has 0 aromatic rings. The fourth-order valence-electron chi connectivity index (χ4n) is 0. The quantitative estimate of drug-likeness (QED) is 0.476. The molecule has 0 saturated carbocycles. The molecule has 0 atom stereocenters. The van der Waals surface area contributed by atoms with Crippen molar-refractivity contribution in [3.63, 3.8) is 0 Å². The molecule has 0 amide bonds. The minimum absolute atomic E-state index is 0.204. The molecular formula is C6H18AuP. The molecule has 0 N–H and O–H groups in total. The normalized spacial score (nSPS) is 10.1. The van der Waals surface area contributed by atoms with Gasteiger partial charge >= 0.3 is 33.9 Å². The van der Waals surface area contributed by atoms with E-state index in [1.165, 1.54) is 0 Å². The fourth-order valence-corrected chi connectivity index (χ4v) is 0. The van der Waals surface area contributed by atoms with E-state index < -0.39 is 0 Å². The third-order valence-corrected chi connectivity index (χ3v) is 0. The molecule has 0 aromatic heterocycles. The van der Waals surface area contributed by atoms with Crippen molar-refractivity contribution in [1.82, 2.24) is 0 Å². The predicted octanol–water partition coefficient (Wildman–Crippen LogP) is 3.11. The molecule has 0 bridgehead atoms. The van der Waals surface area contributed by atoms with Crippen molar-refractivity contribution in [2.24, 2.45) is 0 Å². The Morgan fingerprint density at radius 3 is 0.875 bits per heavy atom. The van der Waals surface area contributed by atoms with Crippen LogP contribution in [0, 0.1) is 0 Å². The Morgan fingerprint density at radius 2 is 0.875 bits per heavy atom. The average Bonchev–Trinajstić information content (AvgIpc) is 1.25. The Bertz CT molecular complexity index is 24.0. The number of hydrogen-bond acceptors (Lipinski definition) is 0. The van der Waals surface area contributed by atoms with Gasteiger partial charge in [0.2, 0.25) is 0 Å². The van der Waals surface area contributed by atoms with Gasteiger partial charge in [0.25, 0.3) is 0 Å². The van der Waals surface area contributed by atoms with E-state index in [-0.39, 0.29) is 18.4 Å². The van der Waals surface area contributed by atoms with Crippen LogP contribution in [0.25, 0.3) is 0 Å². The molecule has 0 unspecified atom stereocenters. The summed E-state index contributed by atoms with van der Waals surface area (Å²) in [5.74, 6) is 0. The van der Waals surface area contributed by atoms with Gasteiger partial charge in [-0.25, -0.2) is 0 Å². The molecule has 0 spiro atoms. The molecule has 58 valence electrons. The number of rotatable bonds is 0. The van der Waals surface area contributed by atoms with Gasteiger partial charge in [-0.2, -0.15) is 0 Å².